The average molecular weight is 344 g/mol. The fourth-order valence-electron chi connectivity index (χ4n) is 2.17. The number of amides is 1. The molecule has 7 nitrogen and oxygen atoms in total. The number of nitrogens with one attached hydrogen (secondary N) is 2. The van der Waals surface area contributed by atoms with Gasteiger partial charge in [-0.1, -0.05) is 6.92 Å². The molecule has 0 spiro atoms. The van der Waals surface area contributed by atoms with Gasteiger partial charge in [0.25, 0.3) is 5.91 Å². The number of carbonyl (C=O) groups excluding carboxylic acids is 2. The molecule has 2 aromatic rings. The van der Waals surface area contributed by atoms with E-state index in [2.05, 4.69) is 15.7 Å². The minimum Gasteiger partial charge on any atom is -0.466 e. The molecule has 0 fully saturated rings. The highest BCUT2D eigenvalue weighted by atomic mass is 16.5. The lowest BCUT2D eigenvalue weighted by Gasteiger charge is -2.08. The van der Waals surface area contributed by atoms with E-state index in [4.69, 9.17) is 4.74 Å². The van der Waals surface area contributed by atoms with E-state index in [9.17, 15) is 9.59 Å². The molecule has 0 saturated carbocycles. The molecule has 0 atom stereocenters. The molecule has 0 bridgehead atoms. The maximum Gasteiger partial charge on any atom is 0.307 e. The largest absolute Gasteiger partial charge is 0.466 e. The summed E-state index contributed by atoms with van der Waals surface area (Å²) in [7, 11) is 1.88. The molecule has 0 aliphatic rings. The molecule has 0 aliphatic carbocycles. The molecule has 7 heteroatoms. The van der Waals surface area contributed by atoms with E-state index in [-0.39, 0.29) is 24.8 Å². The summed E-state index contributed by atoms with van der Waals surface area (Å²) in [6.07, 6.45) is 4.72. The Labute approximate surface area is 147 Å². The minimum absolute atomic E-state index is 0.177. The van der Waals surface area contributed by atoms with E-state index in [1.54, 1.807) is 23.0 Å². The van der Waals surface area contributed by atoms with Crippen LogP contribution in [-0.4, -0.2) is 34.8 Å². The number of carbonyl (C=O) groups is 2. The molecular weight excluding hydrogens is 320 g/mol. The van der Waals surface area contributed by atoms with Crippen LogP contribution in [0.25, 0.3) is 0 Å². The van der Waals surface area contributed by atoms with Crippen molar-refractivity contribution in [1.29, 1.82) is 0 Å². The summed E-state index contributed by atoms with van der Waals surface area (Å²) in [5.74, 6) is -0.501. The van der Waals surface area contributed by atoms with Gasteiger partial charge in [-0.15, -0.1) is 0 Å². The molecule has 1 aromatic heterocycles. The first-order valence-corrected chi connectivity index (χ1v) is 8.33. The quantitative estimate of drug-likeness (QED) is 0.681. The van der Waals surface area contributed by atoms with Crippen molar-refractivity contribution in [2.45, 2.75) is 26.3 Å². The van der Waals surface area contributed by atoms with Crippen molar-refractivity contribution in [3.8, 4) is 0 Å². The third kappa shape index (κ3) is 6.29. The summed E-state index contributed by atoms with van der Waals surface area (Å²) in [5, 5.41) is 10.1. The van der Waals surface area contributed by atoms with Gasteiger partial charge in [-0.2, -0.15) is 5.10 Å². The molecule has 1 amide bonds. The van der Waals surface area contributed by atoms with Gasteiger partial charge >= 0.3 is 5.97 Å². The van der Waals surface area contributed by atoms with Crippen LogP contribution in [-0.2, 0) is 23.1 Å². The van der Waals surface area contributed by atoms with Gasteiger partial charge in [0.05, 0.1) is 19.2 Å². The van der Waals surface area contributed by atoms with E-state index in [1.165, 1.54) is 0 Å². The number of hydrogen-bond acceptors (Lipinski definition) is 5. The Kier molecular flexibility index (Phi) is 7.00. The van der Waals surface area contributed by atoms with Crippen LogP contribution in [0.5, 0.6) is 0 Å². The lowest BCUT2D eigenvalue weighted by atomic mass is 10.2. The zero-order valence-corrected chi connectivity index (χ0v) is 14.6. The average Bonchev–Trinajstić information content (AvgIpc) is 3.04. The van der Waals surface area contributed by atoms with E-state index in [0.29, 0.717) is 18.7 Å². The Balaban J connectivity index is 1.74. The third-order valence-electron chi connectivity index (χ3n) is 3.48. The van der Waals surface area contributed by atoms with Gasteiger partial charge in [0.1, 0.15) is 0 Å². The van der Waals surface area contributed by atoms with Gasteiger partial charge in [-0.3, -0.25) is 14.3 Å². The fourth-order valence-corrected chi connectivity index (χ4v) is 2.17. The summed E-state index contributed by atoms with van der Waals surface area (Å²) in [6.45, 7) is 3.28. The van der Waals surface area contributed by atoms with Crippen molar-refractivity contribution in [2.24, 2.45) is 7.05 Å². The smallest absolute Gasteiger partial charge is 0.307 e. The number of nitrogens with zero attached hydrogens (tertiary/aromatic N) is 2. The topological polar surface area (TPSA) is 85.2 Å². The summed E-state index contributed by atoms with van der Waals surface area (Å²) in [6, 6.07) is 7.19. The molecule has 0 radical (unpaired) electrons. The second-order valence-corrected chi connectivity index (χ2v) is 5.68. The molecule has 1 heterocycles. The van der Waals surface area contributed by atoms with Crippen LogP contribution in [0.2, 0.25) is 0 Å². The van der Waals surface area contributed by atoms with Gasteiger partial charge in [0.2, 0.25) is 0 Å². The number of rotatable bonds is 9. The van der Waals surface area contributed by atoms with Crippen LogP contribution in [0.15, 0.2) is 36.7 Å². The summed E-state index contributed by atoms with van der Waals surface area (Å²) in [4.78, 5) is 23.4. The van der Waals surface area contributed by atoms with Crippen molar-refractivity contribution >= 4 is 17.6 Å². The maximum absolute atomic E-state index is 12.0. The Hall–Kier alpha value is -2.83. The van der Waals surface area contributed by atoms with Gasteiger partial charge in [-0.05, 0) is 30.7 Å². The van der Waals surface area contributed by atoms with Crippen LogP contribution in [0.1, 0.15) is 35.7 Å². The first kappa shape index (κ1) is 18.5. The van der Waals surface area contributed by atoms with E-state index < -0.39 is 0 Å². The van der Waals surface area contributed by atoms with E-state index in [1.807, 2.05) is 32.3 Å². The van der Waals surface area contributed by atoms with Crippen molar-refractivity contribution in [2.75, 3.05) is 18.5 Å². The van der Waals surface area contributed by atoms with Gasteiger partial charge in [0, 0.05) is 43.1 Å². The molecular formula is C18H24N4O3. The third-order valence-corrected chi connectivity index (χ3v) is 3.48. The number of ether oxygens (including phenoxy) is 1. The van der Waals surface area contributed by atoms with Gasteiger partial charge in [-0.25, -0.2) is 0 Å². The molecule has 2 rings (SSSR count). The number of aromatic nitrogens is 2. The lowest BCUT2D eigenvalue weighted by molar-refractivity contribution is -0.143. The van der Waals surface area contributed by atoms with Crippen molar-refractivity contribution in [3.05, 3.63) is 47.8 Å². The predicted octanol–water partition coefficient (Wildman–Crippen LogP) is 2.11. The number of hydrogen-bond donors (Lipinski definition) is 2. The first-order valence-electron chi connectivity index (χ1n) is 8.33. The maximum atomic E-state index is 12.0. The van der Waals surface area contributed by atoms with E-state index >= 15 is 0 Å². The van der Waals surface area contributed by atoms with E-state index in [0.717, 1.165) is 17.7 Å². The normalized spacial score (nSPS) is 10.3. The van der Waals surface area contributed by atoms with Crippen LogP contribution in [0.4, 0.5) is 5.69 Å². The Morgan fingerprint density at radius 2 is 2.00 bits per heavy atom. The number of anilines is 1. The van der Waals surface area contributed by atoms with Gasteiger partial charge < -0.3 is 15.4 Å². The Morgan fingerprint density at radius 3 is 2.64 bits per heavy atom. The minimum atomic E-state index is -0.294. The number of esters is 1. The summed E-state index contributed by atoms with van der Waals surface area (Å²) >= 11 is 0. The molecule has 0 aliphatic heterocycles. The van der Waals surface area contributed by atoms with Crippen molar-refractivity contribution in [3.63, 3.8) is 0 Å². The number of benzene rings is 1. The Bertz CT molecular complexity index is 695. The second kappa shape index (κ2) is 9.46. The number of aryl methyl sites for hydroxylation is 1. The molecule has 0 unspecified atom stereocenters. The SMILES string of the molecule is CCCOC(=O)CCNC(=O)c1ccc(NCc2cnn(C)c2)cc1. The summed E-state index contributed by atoms with van der Waals surface area (Å²) in [5.41, 5.74) is 2.55. The van der Waals surface area contributed by atoms with Gasteiger partial charge in [0.15, 0.2) is 0 Å². The molecule has 1 aromatic carbocycles. The standard InChI is InChI=1S/C18H24N4O3/c1-3-10-25-17(23)8-9-19-18(24)15-4-6-16(7-5-15)20-11-14-12-21-22(2)13-14/h4-7,12-13,20H,3,8-11H2,1-2H3,(H,19,24). The first-order chi connectivity index (χ1) is 12.1. The van der Waals surface area contributed by atoms with Crippen LogP contribution >= 0.6 is 0 Å². The molecule has 0 saturated heterocycles. The Morgan fingerprint density at radius 1 is 1.24 bits per heavy atom. The second-order valence-electron chi connectivity index (χ2n) is 5.68. The van der Waals surface area contributed by atoms with Crippen molar-refractivity contribution < 1.29 is 14.3 Å². The van der Waals surface area contributed by atoms with Crippen LogP contribution in [0, 0.1) is 0 Å². The zero-order chi connectivity index (χ0) is 18.1. The predicted molar refractivity (Wildman–Crippen MR) is 95.2 cm³/mol. The van der Waals surface area contributed by atoms with Crippen LogP contribution < -0.4 is 10.6 Å². The highest BCUT2D eigenvalue weighted by Crippen LogP contribution is 2.11. The fraction of sp³-hybridized carbons (Fsp3) is 0.389. The summed E-state index contributed by atoms with van der Waals surface area (Å²) < 4.78 is 6.71. The molecule has 134 valence electrons. The highest BCUT2D eigenvalue weighted by Gasteiger charge is 2.07. The lowest BCUT2D eigenvalue weighted by Crippen LogP contribution is -2.26. The van der Waals surface area contributed by atoms with Crippen LogP contribution in [0.3, 0.4) is 0 Å². The van der Waals surface area contributed by atoms with Crippen molar-refractivity contribution in [1.82, 2.24) is 15.1 Å². The molecule has 25 heavy (non-hydrogen) atoms. The molecule has 2 N–H and O–H groups in total. The monoisotopic (exact) mass is 344 g/mol. The zero-order valence-electron chi connectivity index (χ0n) is 14.6. The highest BCUT2D eigenvalue weighted by molar-refractivity contribution is 5.94.